The second-order valence-corrected chi connectivity index (χ2v) is 7.58. The lowest BCUT2D eigenvalue weighted by atomic mass is 9.99. The van der Waals surface area contributed by atoms with Crippen LogP contribution in [-0.4, -0.2) is 115 Å². The van der Waals surface area contributed by atoms with E-state index in [-0.39, 0.29) is 11.5 Å². The Labute approximate surface area is 177 Å². The second kappa shape index (κ2) is 9.92. The molecule has 12 heteroatoms. The number of hydrogen-bond donors (Lipinski definition) is 8. The summed E-state index contributed by atoms with van der Waals surface area (Å²) in [6.45, 7) is 0.470. The first-order valence-electron chi connectivity index (χ1n) is 9.73. The van der Waals surface area contributed by atoms with Gasteiger partial charge in [0.1, 0.15) is 48.8 Å². The number of aliphatic hydroxyl groups excluding tert-OH is 8. The summed E-state index contributed by atoms with van der Waals surface area (Å²) in [6.07, 6.45) is -15.0. The monoisotopic (exact) mass is 448 g/mol. The Hall–Kier alpha value is -1.58. The van der Waals surface area contributed by atoms with Crippen LogP contribution < -0.4 is 9.47 Å². The molecule has 2 saturated heterocycles. The summed E-state index contributed by atoms with van der Waals surface area (Å²) >= 11 is 0. The molecular weight excluding hydrogens is 420 g/mol. The van der Waals surface area contributed by atoms with Crippen LogP contribution in [0.15, 0.2) is 18.2 Å². The topological polar surface area (TPSA) is 199 Å². The first kappa shape index (κ1) is 24.1. The van der Waals surface area contributed by atoms with Crippen molar-refractivity contribution >= 4 is 0 Å². The van der Waals surface area contributed by atoms with Crippen LogP contribution in [0.5, 0.6) is 11.5 Å². The van der Waals surface area contributed by atoms with E-state index in [1.165, 1.54) is 12.1 Å². The van der Waals surface area contributed by atoms with Gasteiger partial charge in [0.25, 0.3) is 0 Å². The minimum atomic E-state index is -1.65. The smallest absolute Gasteiger partial charge is 0.229 e. The number of aryl methyl sites for hydroxylation is 1. The van der Waals surface area contributed by atoms with Crippen molar-refractivity contribution in [3.05, 3.63) is 23.8 Å². The zero-order valence-corrected chi connectivity index (χ0v) is 16.6. The fourth-order valence-corrected chi connectivity index (χ4v) is 3.38. The number of ether oxygens (including phenoxy) is 4. The van der Waals surface area contributed by atoms with Crippen molar-refractivity contribution in [3.8, 4) is 11.5 Å². The van der Waals surface area contributed by atoms with E-state index < -0.39 is 74.6 Å². The van der Waals surface area contributed by atoms with E-state index in [1.807, 2.05) is 0 Å². The highest BCUT2D eigenvalue weighted by atomic mass is 16.7. The van der Waals surface area contributed by atoms with E-state index in [0.717, 1.165) is 0 Å². The van der Waals surface area contributed by atoms with Gasteiger partial charge in [0, 0.05) is 0 Å². The summed E-state index contributed by atoms with van der Waals surface area (Å²) in [5.74, 6) is -0.00632. The van der Waals surface area contributed by atoms with Crippen molar-refractivity contribution in [2.75, 3.05) is 13.2 Å². The standard InChI is InChI=1S/C19H28O12/c1-7-2-3-8(28-18-16(26)14(24)12(22)10(5-20)30-18)9(4-7)29-19-17(27)15(25)13(23)11(6-21)31-19/h2-4,10-27H,5-6H2,1H3/t10-,11-,12-,13-,14+,15+,16-,17-,18-,19-/m1/s1. The van der Waals surface area contributed by atoms with Gasteiger partial charge in [-0.1, -0.05) is 6.07 Å². The maximum atomic E-state index is 10.2. The van der Waals surface area contributed by atoms with Crippen LogP contribution in [-0.2, 0) is 9.47 Å². The summed E-state index contributed by atoms with van der Waals surface area (Å²) in [6, 6.07) is 4.59. The van der Waals surface area contributed by atoms with Gasteiger partial charge in [-0.05, 0) is 24.6 Å². The maximum absolute atomic E-state index is 10.2. The minimum Gasteiger partial charge on any atom is -0.458 e. The molecule has 2 fully saturated rings. The molecule has 2 aliphatic rings. The summed E-state index contributed by atoms with van der Waals surface area (Å²) in [7, 11) is 0. The van der Waals surface area contributed by atoms with Crippen molar-refractivity contribution in [2.45, 2.75) is 68.3 Å². The Bertz CT molecular complexity index is 728. The molecule has 10 atom stereocenters. The molecule has 3 rings (SSSR count). The predicted octanol–water partition coefficient (Wildman–Crippen LogP) is -3.65. The van der Waals surface area contributed by atoms with Gasteiger partial charge in [-0.15, -0.1) is 0 Å². The number of aliphatic hydroxyl groups is 8. The average Bonchev–Trinajstić information content (AvgIpc) is 2.76. The molecule has 8 N–H and O–H groups in total. The SMILES string of the molecule is Cc1ccc(O[C@@H]2O[C@H](CO)[C@@H](O)[C@H](O)[C@H]2O)c(O[C@@H]2O[C@H](CO)[C@@H](O)[C@H](O)[C@H]2O)c1. The van der Waals surface area contributed by atoms with Crippen LogP contribution in [0.1, 0.15) is 5.56 Å². The summed E-state index contributed by atoms with van der Waals surface area (Å²) in [4.78, 5) is 0. The molecule has 31 heavy (non-hydrogen) atoms. The van der Waals surface area contributed by atoms with E-state index in [1.54, 1.807) is 13.0 Å². The fourth-order valence-electron chi connectivity index (χ4n) is 3.38. The van der Waals surface area contributed by atoms with E-state index in [2.05, 4.69) is 0 Å². The van der Waals surface area contributed by atoms with Crippen molar-refractivity contribution in [3.63, 3.8) is 0 Å². The quantitative estimate of drug-likeness (QED) is 0.213. The van der Waals surface area contributed by atoms with E-state index in [4.69, 9.17) is 18.9 Å². The Morgan fingerprint density at radius 2 is 1.13 bits per heavy atom. The predicted molar refractivity (Wildman–Crippen MR) is 100.0 cm³/mol. The molecule has 0 bridgehead atoms. The lowest BCUT2D eigenvalue weighted by molar-refractivity contribution is -0.282. The number of rotatable bonds is 6. The fraction of sp³-hybridized carbons (Fsp3) is 0.684. The summed E-state index contributed by atoms with van der Waals surface area (Å²) in [5, 5.41) is 78.7. The average molecular weight is 448 g/mol. The molecule has 1 aromatic rings. The number of hydrogen-bond acceptors (Lipinski definition) is 12. The van der Waals surface area contributed by atoms with Crippen LogP contribution in [0.3, 0.4) is 0 Å². The Morgan fingerprint density at radius 3 is 1.58 bits per heavy atom. The Kier molecular flexibility index (Phi) is 7.70. The molecule has 0 radical (unpaired) electrons. The molecular formula is C19H28O12. The van der Waals surface area contributed by atoms with Gasteiger partial charge in [0.05, 0.1) is 13.2 Å². The zero-order valence-electron chi connectivity index (χ0n) is 16.6. The first-order valence-corrected chi connectivity index (χ1v) is 9.73. The highest BCUT2D eigenvalue weighted by Gasteiger charge is 2.46. The molecule has 0 spiro atoms. The van der Waals surface area contributed by atoms with Gasteiger partial charge < -0.3 is 59.8 Å². The highest BCUT2D eigenvalue weighted by Crippen LogP contribution is 2.34. The second-order valence-electron chi connectivity index (χ2n) is 7.58. The van der Waals surface area contributed by atoms with Crippen LogP contribution >= 0.6 is 0 Å². The van der Waals surface area contributed by atoms with Gasteiger partial charge in [0.15, 0.2) is 11.5 Å². The third kappa shape index (κ3) is 4.93. The zero-order chi connectivity index (χ0) is 22.9. The number of benzene rings is 1. The van der Waals surface area contributed by atoms with Crippen molar-refractivity contribution in [1.29, 1.82) is 0 Å². The molecule has 12 nitrogen and oxygen atoms in total. The lowest BCUT2D eigenvalue weighted by Crippen LogP contribution is -2.60. The first-order chi connectivity index (χ1) is 14.7. The minimum absolute atomic E-state index is 0.00119. The summed E-state index contributed by atoms with van der Waals surface area (Å²) < 4.78 is 21.9. The molecule has 0 saturated carbocycles. The maximum Gasteiger partial charge on any atom is 0.229 e. The van der Waals surface area contributed by atoms with Gasteiger partial charge in [-0.25, -0.2) is 0 Å². The highest BCUT2D eigenvalue weighted by molar-refractivity contribution is 5.43. The molecule has 0 aliphatic carbocycles. The van der Waals surface area contributed by atoms with Crippen molar-refractivity contribution in [1.82, 2.24) is 0 Å². The molecule has 1 aromatic carbocycles. The third-order valence-corrected chi connectivity index (χ3v) is 5.28. The molecule has 2 heterocycles. The van der Waals surface area contributed by atoms with Crippen LogP contribution in [0.2, 0.25) is 0 Å². The van der Waals surface area contributed by atoms with Gasteiger partial charge >= 0.3 is 0 Å². The third-order valence-electron chi connectivity index (χ3n) is 5.28. The molecule has 0 unspecified atom stereocenters. The van der Waals surface area contributed by atoms with Crippen molar-refractivity contribution in [2.24, 2.45) is 0 Å². The molecule has 0 amide bonds. The van der Waals surface area contributed by atoms with Crippen LogP contribution in [0.4, 0.5) is 0 Å². The van der Waals surface area contributed by atoms with Crippen molar-refractivity contribution < 1.29 is 59.8 Å². The Morgan fingerprint density at radius 1 is 0.677 bits per heavy atom. The van der Waals surface area contributed by atoms with Crippen LogP contribution in [0.25, 0.3) is 0 Å². The largest absolute Gasteiger partial charge is 0.458 e. The summed E-state index contributed by atoms with van der Waals surface area (Å²) in [5.41, 5.74) is 0.709. The molecule has 176 valence electrons. The lowest BCUT2D eigenvalue weighted by Gasteiger charge is -2.40. The van der Waals surface area contributed by atoms with Gasteiger partial charge in [0.2, 0.25) is 12.6 Å². The van der Waals surface area contributed by atoms with E-state index in [0.29, 0.717) is 5.56 Å². The van der Waals surface area contributed by atoms with E-state index >= 15 is 0 Å². The van der Waals surface area contributed by atoms with Crippen LogP contribution in [0, 0.1) is 6.92 Å². The molecule has 2 aliphatic heterocycles. The van der Waals surface area contributed by atoms with Gasteiger partial charge in [-0.2, -0.15) is 0 Å². The van der Waals surface area contributed by atoms with E-state index in [9.17, 15) is 40.9 Å². The normalized spacial score (nSPS) is 41.1. The molecule has 0 aromatic heterocycles. The van der Waals surface area contributed by atoms with Gasteiger partial charge in [-0.3, -0.25) is 0 Å². The Balaban J connectivity index is 1.81.